The lowest BCUT2D eigenvalue weighted by atomic mass is 9.81. The summed E-state index contributed by atoms with van der Waals surface area (Å²) in [5.41, 5.74) is 15.4. The van der Waals surface area contributed by atoms with Crippen LogP contribution in [0.5, 0.6) is 5.75 Å². The molecule has 1 unspecified atom stereocenters. The number of hydrogen-bond acceptors (Lipinski definition) is 21. The normalized spacial score (nSPS) is 16.6. The largest absolute Gasteiger partial charge is 0.480 e. The lowest BCUT2D eigenvalue weighted by Gasteiger charge is -2.31. The molecule has 1 saturated heterocycles. The van der Waals surface area contributed by atoms with E-state index in [4.69, 9.17) is 14.9 Å². The molecule has 0 bridgehead atoms. The monoisotopic (exact) mass is 1950 g/mol. The Kier molecular flexibility index (Phi) is 27.3. The molecular formula is C97H100F2N12O20S5+2. The fourth-order valence-electron chi connectivity index (χ4n) is 18.7. The molecule has 7 heterocycles. The lowest BCUT2D eigenvalue weighted by Crippen LogP contribution is -2.43. The van der Waals surface area contributed by atoms with Crippen molar-refractivity contribution < 1.29 is 102 Å². The van der Waals surface area contributed by atoms with Crippen molar-refractivity contribution in [1.29, 1.82) is 0 Å². The van der Waals surface area contributed by atoms with Gasteiger partial charge in [0.25, 0.3) is 46.4 Å². The number of benzene rings is 9. The molecule has 9 N–H and O–H groups in total. The Bertz CT molecular complexity index is 7470. The predicted octanol–water partition coefficient (Wildman–Crippen LogP) is 12.7. The van der Waals surface area contributed by atoms with Crippen LogP contribution in [0.25, 0.3) is 39.1 Å². The number of nitrogens with two attached hydrogens (primary N) is 1. The van der Waals surface area contributed by atoms with Crippen molar-refractivity contribution >= 4 is 119 Å². The maximum atomic E-state index is 15.9. The number of piperidine rings is 1. The highest BCUT2D eigenvalue weighted by molar-refractivity contribution is 7.89. The first kappa shape index (κ1) is 96.4. The smallest absolute Gasteiger partial charge is 0.294 e. The number of hydrogen-bond donors (Lipinski definition) is 8. The van der Waals surface area contributed by atoms with Gasteiger partial charge in [-0.05, 0) is 210 Å². The summed E-state index contributed by atoms with van der Waals surface area (Å²) in [7, 11) is -20.4. The number of amides is 3. The zero-order chi connectivity index (χ0) is 96.9. The second kappa shape index (κ2) is 38.5. The van der Waals surface area contributed by atoms with Gasteiger partial charge in [-0.3, -0.25) is 37.4 Å². The maximum absolute atomic E-state index is 15.9. The van der Waals surface area contributed by atoms with Crippen molar-refractivity contribution in [3.63, 3.8) is 0 Å². The van der Waals surface area contributed by atoms with E-state index in [9.17, 15) is 71.1 Å². The minimum atomic E-state index is -4.52. The van der Waals surface area contributed by atoms with Gasteiger partial charge < -0.3 is 40.6 Å². The van der Waals surface area contributed by atoms with Gasteiger partial charge in [0.2, 0.25) is 38.6 Å². The number of Topliss-reactive ketones (excluding diaryl/α,β-unsaturated/α-hetero) is 1. The Hall–Kier alpha value is -12.7. The van der Waals surface area contributed by atoms with Gasteiger partial charge in [-0.15, -0.1) is 5.10 Å². The third-order valence-corrected chi connectivity index (χ3v) is 31.1. The first-order valence-electron chi connectivity index (χ1n) is 44.1. The van der Waals surface area contributed by atoms with Crippen LogP contribution in [0.4, 0.5) is 37.2 Å². The molecule has 0 spiro atoms. The van der Waals surface area contributed by atoms with Crippen LogP contribution >= 0.6 is 0 Å². The van der Waals surface area contributed by atoms with Gasteiger partial charge >= 0.3 is 0 Å². The first-order chi connectivity index (χ1) is 64.5. The summed E-state index contributed by atoms with van der Waals surface area (Å²) in [4.78, 5) is 58.2. The van der Waals surface area contributed by atoms with Gasteiger partial charge in [0.1, 0.15) is 30.7 Å². The topological polar surface area (TPSA) is 451 Å². The van der Waals surface area contributed by atoms with Crippen molar-refractivity contribution in [2.45, 2.75) is 153 Å². The zero-order valence-corrected chi connectivity index (χ0v) is 78.8. The summed E-state index contributed by atoms with van der Waals surface area (Å²) in [6.45, 7) is 8.23. The summed E-state index contributed by atoms with van der Waals surface area (Å²) >= 11 is 0. The van der Waals surface area contributed by atoms with Crippen LogP contribution in [-0.4, -0.2) is 172 Å². The molecule has 16 rings (SSSR count). The Morgan fingerprint density at radius 1 is 0.640 bits per heavy atom. The number of carbonyl (C=O) groups excluding carboxylic acids is 4. The predicted molar refractivity (Wildman–Crippen MR) is 504 cm³/mol. The molecule has 0 radical (unpaired) electrons. The first-order valence-corrected chi connectivity index (χ1v) is 51.3. The second-order valence-corrected chi connectivity index (χ2v) is 42.9. The molecule has 1 aliphatic carbocycles. The highest BCUT2D eigenvalue weighted by Gasteiger charge is 2.45. The zero-order valence-electron chi connectivity index (χ0n) is 74.7. The van der Waals surface area contributed by atoms with Crippen molar-refractivity contribution in [2.24, 2.45) is 11.7 Å². The number of ether oxygens (including phenoxy) is 1. The molecule has 9 aromatic rings. The molecule has 7 aliphatic rings. The van der Waals surface area contributed by atoms with E-state index in [-0.39, 0.29) is 99.9 Å². The Balaban J connectivity index is 0.513. The number of nitrogens with one attached hydrogen (secondary N) is 3. The summed E-state index contributed by atoms with van der Waals surface area (Å²) in [5.74, 6) is -5.69. The van der Waals surface area contributed by atoms with E-state index in [0.29, 0.717) is 148 Å². The van der Waals surface area contributed by atoms with Gasteiger partial charge in [0, 0.05) is 149 Å². The Morgan fingerprint density at radius 2 is 1.32 bits per heavy atom. The third-order valence-electron chi connectivity index (χ3n) is 25.8. The van der Waals surface area contributed by atoms with Crippen LogP contribution in [0.3, 0.4) is 0 Å². The van der Waals surface area contributed by atoms with Crippen LogP contribution in [0.15, 0.2) is 241 Å². The second-order valence-electron chi connectivity index (χ2n) is 35.3. The molecule has 3 amide bonds. The summed E-state index contributed by atoms with van der Waals surface area (Å²) in [5, 5.41) is 18.0. The molecule has 39 heteroatoms. The number of carbonyl (C=O) groups is 4. The molecular weight excluding hydrogens is 1850 g/mol. The van der Waals surface area contributed by atoms with Crippen molar-refractivity contribution in [2.75, 3.05) is 62.7 Å². The highest BCUT2D eigenvalue weighted by atomic mass is 32.2. The molecule has 710 valence electrons. The number of unbranched alkanes of at least 4 members (excludes halogenated alkanes) is 3. The van der Waals surface area contributed by atoms with Gasteiger partial charge in [-0.2, -0.15) is 47.1 Å². The number of rotatable bonds is 33. The van der Waals surface area contributed by atoms with Crippen LogP contribution in [-0.2, 0) is 102 Å². The van der Waals surface area contributed by atoms with E-state index in [1.54, 1.807) is 60.8 Å². The number of nitrogens with zero attached hydrogens (tertiary/aromatic N) is 8. The number of aromatic nitrogens is 3. The lowest BCUT2D eigenvalue weighted by molar-refractivity contribution is -0.401. The van der Waals surface area contributed by atoms with Crippen LogP contribution in [0, 0.1) is 17.6 Å². The maximum Gasteiger partial charge on any atom is 0.294 e. The van der Waals surface area contributed by atoms with E-state index in [2.05, 4.69) is 31.2 Å². The van der Waals surface area contributed by atoms with Crippen molar-refractivity contribution in [3.05, 3.63) is 268 Å². The average Bonchev–Trinajstić information content (AvgIpc) is 1.08. The van der Waals surface area contributed by atoms with E-state index in [1.165, 1.54) is 75.7 Å². The number of ketones is 1. The van der Waals surface area contributed by atoms with Crippen LogP contribution in [0.1, 0.15) is 129 Å². The van der Waals surface area contributed by atoms with Crippen LogP contribution < -0.4 is 46.2 Å². The van der Waals surface area contributed by atoms with Crippen molar-refractivity contribution in [3.8, 4) is 33.9 Å². The molecule has 1 atom stereocenters. The minimum Gasteiger partial charge on any atom is -0.480 e. The fourth-order valence-corrected chi connectivity index (χ4v) is 22.4. The summed E-state index contributed by atoms with van der Waals surface area (Å²) < 4.78 is 218. The Morgan fingerprint density at radius 3 is 2.03 bits per heavy atom. The molecule has 0 saturated carbocycles. The van der Waals surface area contributed by atoms with Crippen LogP contribution in [0.2, 0.25) is 0 Å². The molecule has 8 aromatic carbocycles. The fraction of sp³-hybridized carbons (Fsp3) is 0.299. The number of halogens is 2. The van der Waals surface area contributed by atoms with Gasteiger partial charge in [0.05, 0.1) is 60.4 Å². The molecule has 32 nitrogen and oxygen atoms in total. The number of sulfonamides is 1. The highest BCUT2D eigenvalue weighted by Crippen LogP contribution is 2.50. The average molecular weight is 1950 g/mol. The van der Waals surface area contributed by atoms with Crippen molar-refractivity contribution in [1.82, 2.24) is 39.8 Å². The van der Waals surface area contributed by atoms with E-state index < -0.39 is 115 Å². The van der Waals surface area contributed by atoms with Gasteiger partial charge in [-0.25, -0.2) is 21.9 Å². The number of allylic oxidation sites excluding steroid dienone is 6. The molecule has 1 fully saturated rings. The number of fused-ring (bicyclic) bond motifs is 6. The Labute approximate surface area is 785 Å². The summed E-state index contributed by atoms with van der Waals surface area (Å²) in [6.07, 6.45) is 15.1. The number of anilines is 3. The quantitative estimate of drug-likeness (QED) is 0.00622. The van der Waals surface area contributed by atoms with E-state index in [0.717, 1.165) is 40.5 Å². The van der Waals surface area contributed by atoms with E-state index in [1.807, 2.05) is 116 Å². The third kappa shape index (κ3) is 20.1. The SMILES string of the molecule is C[N+]1=C(/C=C/C=C/C=C2\N(CCCCCC(=O)NCc3cn(-c4cccc(C(=O)NC(CCCCN)C(=O)COc5c(F)cc(CNC(=O)C6CCN(S(=O)(=O)c7ccccc7-c7c8cc/c(=[N+]9\CCc%10cc(S(=O)(=O)O)ccc%109)cc-8oc8cc(N9CCc%10cc(S(=O)(=O)O)ccc%109)ccc78)CC6)cc5F)c4)nn3)c3ccc(S(=O)(=O)O)cc3C2(C)C)C(C)(C)c2cc(S(=O)(=O)O)ccc21. The standard InChI is InChI=1S/C97H98F2N12O20S5/c1-96(2)76-54-71(135(124,125)126)29-35-83(76)106(5)89(96)22-8-6-9-23-90-97(3,4)77-55-72(136(127,128)129)30-36-84(77)110(90)42-15-7-10-24-91(113)101-57-65-58-111(105-104-65)68-18-16-17-64(49-68)95(115)103-80(20-13-14-41-100)85(112)59-130-93-78(98)47-60(48-79(93)99)56-102-94(114)61-37-43-107(44-38-61)132(116,117)88-21-12-11-19-75(88)92-73-31-25-66(108-45-39-62-50-69(133(118,119)120)27-33-81(62)108)52-86(73)131-87-53-67(26-32-74(87)92)109-46-40-63-51-70(134(121,122)123)28-34-82(63)109/h6,8-9,11-12,16-19,21-23,25-36,47-55,58,61,80H,7,10,13-15,20,24,37-46,56-57,59,100H2,1-5H3,(H5-2,101,102,103,113,114,115,118,119,120,121,122,123,124,125,126,127,128,129)/p+2. The molecule has 136 heavy (non-hydrogen) atoms. The summed E-state index contributed by atoms with van der Waals surface area (Å²) in [6, 6.07) is 42.3. The minimum absolute atomic E-state index is 0.00961. The molecule has 6 aliphatic heterocycles. The van der Waals surface area contributed by atoms with E-state index >= 15 is 17.2 Å². The molecule has 1 aromatic heterocycles. The van der Waals surface area contributed by atoms with Gasteiger partial charge in [0.15, 0.2) is 35.4 Å². The van der Waals surface area contributed by atoms with Gasteiger partial charge in [-0.1, -0.05) is 68.0 Å².